The molecular formula is C30H31ClO10. The quantitative estimate of drug-likeness (QED) is 0.197. The number of esters is 2. The Morgan fingerprint density at radius 2 is 0.976 bits per heavy atom. The topological polar surface area (TPSA) is 160 Å². The number of hydrogen-bond acceptors (Lipinski definition) is 9. The molecule has 3 rings (SSSR count). The number of ether oxygens (including phenoxy) is 3. The maximum atomic E-state index is 13.5. The minimum atomic E-state index is -1.31. The summed E-state index contributed by atoms with van der Waals surface area (Å²) in [5.74, 6) is -4.30. The zero-order valence-electron chi connectivity index (χ0n) is 24.1. The lowest BCUT2D eigenvalue weighted by molar-refractivity contribution is 0.0689. The van der Waals surface area contributed by atoms with E-state index >= 15 is 0 Å². The van der Waals surface area contributed by atoms with Gasteiger partial charge in [0.2, 0.25) is 0 Å². The van der Waals surface area contributed by atoms with E-state index in [0.29, 0.717) is 16.7 Å². The summed E-state index contributed by atoms with van der Waals surface area (Å²) in [4.78, 5) is 38.4. The van der Waals surface area contributed by atoms with Gasteiger partial charge in [-0.15, -0.1) is 0 Å². The van der Waals surface area contributed by atoms with Crippen molar-refractivity contribution >= 4 is 29.5 Å². The molecule has 0 fully saturated rings. The first-order valence-corrected chi connectivity index (χ1v) is 12.8. The van der Waals surface area contributed by atoms with Crippen LogP contribution in [0.5, 0.6) is 34.5 Å². The summed E-state index contributed by atoms with van der Waals surface area (Å²) >= 11 is 6.15. The minimum Gasteiger partial charge on any atom is -0.507 e. The van der Waals surface area contributed by atoms with Gasteiger partial charge in [0.15, 0.2) is 0 Å². The van der Waals surface area contributed by atoms with Gasteiger partial charge in [0.05, 0.1) is 12.1 Å². The molecule has 0 aliphatic rings. The van der Waals surface area contributed by atoms with E-state index in [1.807, 2.05) is 0 Å². The predicted molar refractivity (Wildman–Crippen MR) is 151 cm³/mol. The largest absolute Gasteiger partial charge is 0.507 e. The Labute approximate surface area is 241 Å². The van der Waals surface area contributed by atoms with Crippen LogP contribution in [0.25, 0.3) is 0 Å². The summed E-state index contributed by atoms with van der Waals surface area (Å²) < 4.78 is 16.9. The number of methoxy groups -OCH3 is 1. The summed E-state index contributed by atoms with van der Waals surface area (Å²) in [6, 6.07) is 0. The molecule has 0 heterocycles. The molecule has 0 spiro atoms. The van der Waals surface area contributed by atoms with Crippen molar-refractivity contribution in [1.82, 2.24) is 0 Å². The van der Waals surface area contributed by atoms with Crippen LogP contribution in [0, 0.1) is 55.4 Å². The van der Waals surface area contributed by atoms with Gasteiger partial charge in [-0.3, -0.25) is 0 Å². The normalized spacial score (nSPS) is 10.9. The average Bonchev–Trinajstić information content (AvgIpc) is 2.91. The average molecular weight is 587 g/mol. The van der Waals surface area contributed by atoms with Crippen LogP contribution in [0.15, 0.2) is 0 Å². The zero-order chi connectivity index (χ0) is 31.2. The molecule has 0 aromatic heterocycles. The first kappa shape index (κ1) is 31.1. The second-order valence-corrected chi connectivity index (χ2v) is 10.1. The molecule has 0 aliphatic carbocycles. The summed E-state index contributed by atoms with van der Waals surface area (Å²) in [6.07, 6.45) is 0. The van der Waals surface area contributed by atoms with Crippen LogP contribution in [-0.4, -0.2) is 45.4 Å². The molecule has 41 heavy (non-hydrogen) atoms. The van der Waals surface area contributed by atoms with Crippen LogP contribution in [0.2, 0.25) is 5.02 Å². The van der Waals surface area contributed by atoms with Gasteiger partial charge in [-0.1, -0.05) is 11.6 Å². The van der Waals surface area contributed by atoms with Crippen molar-refractivity contribution in [3.05, 3.63) is 66.2 Å². The first-order valence-electron chi connectivity index (χ1n) is 12.4. The van der Waals surface area contributed by atoms with Crippen LogP contribution in [0.1, 0.15) is 75.6 Å². The molecule has 0 aliphatic heterocycles. The number of carboxylic acids is 1. The predicted octanol–water partition coefficient (Wildman–Crippen LogP) is 6.07. The number of hydrogen-bond donors (Lipinski definition) is 4. The summed E-state index contributed by atoms with van der Waals surface area (Å²) in [6.45, 7) is 12.2. The number of carbonyl (C=O) groups is 3. The second kappa shape index (κ2) is 11.2. The SMILES string of the molecule is COc1c(C)c(OC(=O)c2c(C)c(Cl)c(O)c(C)c2O)c(C)c(C)c1C(=O)Oc1c(C)c(C)c(C(=O)O)c(O)c1C. The molecule has 0 bridgehead atoms. The minimum absolute atomic E-state index is 0.00722. The van der Waals surface area contributed by atoms with Gasteiger partial charge in [0.1, 0.15) is 51.2 Å². The number of rotatable bonds is 6. The second-order valence-electron chi connectivity index (χ2n) is 9.76. The third-order valence-corrected chi connectivity index (χ3v) is 7.93. The van der Waals surface area contributed by atoms with Crippen molar-refractivity contribution in [2.75, 3.05) is 7.11 Å². The van der Waals surface area contributed by atoms with E-state index in [4.69, 9.17) is 25.8 Å². The van der Waals surface area contributed by atoms with Crippen LogP contribution in [-0.2, 0) is 0 Å². The Bertz CT molecular complexity index is 1590. The van der Waals surface area contributed by atoms with Gasteiger partial charge in [-0.05, 0) is 83.2 Å². The Balaban J connectivity index is 2.13. The number of phenolic OH excluding ortho intramolecular Hbond substituents is 2. The Morgan fingerprint density at radius 3 is 1.46 bits per heavy atom. The van der Waals surface area contributed by atoms with Crippen molar-refractivity contribution in [3.8, 4) is 34.5 Å². The lowest BCUT2D eigenvalue weighted by atomic mass is 9.95. The summed E-state index contributed by atoms with van der Waals surface area (Å²) in [7, 11) is 1.33. The molecule has 3 aromatic rings. The highest BCUT2D eigenvalue weighted by Gasteiger charge is 2.31. The third kappa shape index (κ3) is 4.99. The lowest BCUT2D eigenvalue weighted by Gasteiger charge is -2.22. The zero-order valence-corrected chi connectivity index (χ0v) is 24.9. The van der Waals surface area contributed by atoms with Crippen molar-refractivity contribution in [2.24, 2.45) is 0 Å². The van der Waals surface area contributed by atoms with E-state index in [-0.39, 0.29) is 72.5 Å². The highest BCUT2D eigenvalue weighted by molar-refractivity contribution is 6.33. The van der Waals surface area contributed by atoms with E-state index in [2.05, 4.69) is 0 Å². The molecule has 0 saturated heterocycles. The number of aromatic carboxylic acids is 1. The molecule has 0 amide bonds. The molecule has 0 unspecified atom stereocenters. The number of carbonyl (C=O) groups excluding carboxylic acids is 2. The number of phenols is 3. The molecule has 0 saturated carbocycles. The van der Waals surface area contributed by atoms with Crippen molar-refractivity contribution in [1.29, 1.82) is 0 Å². The van der Waals surface area contributed by atoms with E-state index in [1.54, 1.807) is 27.7 Å². The number of benzene rings is 3. The highest BCUT2D eigenvalue weighted by Crippen LogP contribution is 2.43. The van der Waals surface area contributed by atoms with Crippen molar-refractivity contribution < 1.29 is 49.0 Å². The van der Waals surface area contributed by atoms with Crippen molar-refractivity contribution in [2.45, 2.75) is 55.4 Å². The van der Waals surface area contributed by atoms with E-state index in [1.165, 1.54) is 34.8 Å². The summed E-state index contributed by atoms with van der Waals surface area (Å²) in [5.41, 5.74) is 1.37. The van der Waals surface area contributed by atoms with E-state index < -0.39 is 29.4 Å². The Morgan fingerprint density at radius 1 is 0.537 bits per heavy atom. The molecule has 3 aromatic carbocycles. The highest BCUT2D eigenvalue weighted by atomic mass is 35.5. The van der Waals surface area contributed by atoms with Gasteiger partial charge in [0, 0.05) is 16.7 Å². The monoisotopic (exact) mass is 586 g/mol. The van der Waals surface area contributed by atoms with E-state index in [0.717, 1.165) is 0 Å². The molecule has 0 atom stereocenters. The number of aromatic hydroxyl groups is 3. The first-order chi connectivity index (χ1) is 19.0. The van der Waals surface area contributed by atoms with Crippen molar-refractivity contribution in [3.63, 3.8) is 0 Å². The van der Waals surface area contributed by atoms with Crippen LogP contribution in [0.3, 0.4) is 0 Å². The fourth-order valence-corrected chi connectivity index (χ4v) is 4.98. The molecule has 218 valence electrons. The summed E-state index contributed by atoms with van der Waals surface area (Å²) in [5, 5.41) is 40.6. The number of halogens is 1. The Kier molecular flexibility index (Phi) is 8.50. The van der Waals surface area contributed by atoms with Crippen LogP contribution < -0.4 is 14.2 Å². The third-order valence-electron chi connectivity index (χ3n) is 7.47. The van der Waals surface area contributed by atoms with Gasteiger partial charge >= 0.3 is 17.9 Å². The van der Waals surface area contributed by atoms with Crippen LogP contribution in [0.4, 0.5) is 0 Å². The standard InChI is InChI=1S/C30H31ClO10/c1-10-12(3)25(16(7)23(33)18(10)28(35)36)40-30(38)20-11(2)13(4)26(17(8)27(20)39-9)41-29(37)19-14(5)21(31)24(34)15(6)22(19)32/h32-34H,1-9H3,(H,35,36). The molecule has 4 N–H and O–H groups in total. The molecule has 11 heteroatoms. The fraction of sp³-hybridized carbons (Fsp3) is 0.300. The maximum absolute atomic E-state index is 13.5. The van der Waals surface area contributed by atoms with Gasteiger partial charge in [0.25, 0.3) is 0 Å². The smallest absolute Gasteiger partial charge is 0.347 e. The van der Waals surface area contributed by atoms with E-state index in [9.17, 15) is 34.8 Å². The Hall–Kier alpha value is -4.44. The number of carboxylic acid groups (broad SMARTS) is 1. The van der Waals surface area contributed by atoms with Gasteiger partial charge in [-0.25, -0.2) is 14.4 Å². The van der Waals surface area contributed by atoms with Gasteiger partial charge in [-0.2, -0.15) is 0 Å². The molecular weight excluding hydrogens is 556 g/mol. The van der Waals surface area contributed by atoms with Crippen LogP contribution >= 0.6 is 11.6 Å². The molecule has 0 radical (unpaired) electrons. The lowest BCUT2D eigenvalue weighted by Crippen LogP contribution is -2.18. The van der Waals surface area contributed by atoms with Gasteiger partial charge < -0.3 is 34.6 Å². The molecule has 10 nitrogen and oxygen atoms in total. The maximum Gasteiger partial charge on any atom is 0.347 e. The fourth-order valence-electron chi connectivity index (χ4n) is 4.75.